The normalized spacial score (nSPS) is 12.2. The smallest absolute Gasteiger partial charge is 0.259 e. The summed E-state index contributed by atoms with van der Waals surface area (Å²) >= 11 is 8.86. The van der Waals surface area contributed by atoms with E-state index < -0.39 is 10.0 Å². The number of imidazole rings is 1. The first-order valence-corrected chi connectivity index (χ1v) is 9.38. The first-order valence-electron chi connectivity index (χ1n) is 5.70. The predicted molar refractivity (Wildman–Crippen MR) is 81.3 cm³/mol. The molecule has 0 fully saturated rings. The van der Waals surface area contributed by atoms with Crippen molar-refractivity contribution < 1.29 is 8.42 Å². The minimum Gasteiger partial charge on any atom is -0.279 e. The molecule has 3 aromatic rings. The van der Waals surface area contributed by atoms with Gasteiger partial charge in [0.25, 0.3) is 10.0 Å². The lowest BCUT2D eigenvalue weighted by Crippen LogP contribution is -2.27. The molecule has 0 amide bonds. The van der Waals surface area contributed by atoms with Crippen molar-refractivity contribution in [1.82, 2.24) is 14.1 Å². The van der Waals surface area contributed by atoms with Crippen LogP contribution in [0.3, 0.4) is 0 Å². The number of thiazole rings is 1. The number of hydrogen-bond acceptors (Lipinski definition) is 5. The molecule has 0 aliphatic carbocycles. The van der Waals surface area contributed by atoms with Gasteiger partial charge >= 0.3 is 0 Å². The maximum atomic E-state index is 12.3. The van der Waals surface area contributed by atoms with E-state index in [2.05, 4.69) is 9.71 Å². The Hall–Kier alpha value is -0.930. The summed E-state index contributed by atoms with van der Waals surface area (Å²) in [6.07, 6.45) is 2.29. The standard InChI is InChI=1S/C11H10ClN3O2S3/c12-9-10(15-4-6-19-11(15)14-9)20(16,17)13-3-1-8-2-5-18-7-8/h2,4-7,13H,1,3H2. The number of aromatic nitrogens is 2. The van der Waals surface area contributed by atoms with Gasteiger partial charge in [0.05, 0.1) is 0 Å². The molecule has 0 radical (unpaired) electrons. The van der Waals surface area contributed by atoms with Crippen LogP contribution < -0.4 is 4.72 Å². The van der Waals surface area contributed by atoms with E-state index in [-0.39, 0.29) is 10.2 Å². The van der Waals surface area contributed by atoms with Gasteiger partial charge in [0.2, 0.25) is 0 Å². The Morgan fingerprint density at radius 2 is 2.25 bits per heavy atom. The second-order valence-corrected chi connectivity index (χ2v) is 7.74. The third kappa shape index (κ3) is 2.61. The molecular weight excluding hydrogens is 338 g/mol. The van der Waals surface area contributed by atoms with Crippen LogP contribution in [0.15, 0.2) is 33.4 Å². The Labute approximate surface area is 128 Å². The fourth-order valence-electron chi connectivity index (χ4n) is 1.81. The molecule has 106 valence electrons. The molecule has 9 heteroatoms. The van der Waals surface area contributed by atoms with Crippen molar-refractivity contribution in [2.24, 2.45) is 0 Å². The van der Waals surface area contributed by atoms with E-state index in [9.17, 15) is 8.42 Å². The Bertz CT molecular complexity index is 820. The molecule has 3 rings (SSSR count). The summed E-state index contributed by atoms with van der Waals surface area (Å²) in [7, 11) is -3.67. The molecule has 0 spiro atoms. The zero-order valence-corrected chi connectivity index (χ0v) is 13.3. The molecule has 3 aromatic heterocycles. The molecule has 5 nitrogen and oxygen atoms in total. The molecule has 0 aliphatic heterocycles. The summed E-state index contributed by atoms with van der Waals surface area (Å²) in [4.78, 5) is 4.59. The van der Waals surface area contributed by atoms with E-state index in [0.717, 1.165) is 5.56 Å². The van der Waals surface area contributed by atoms with E-state index in [1.165, 1.54) is 15.7 Å². The van der Waals surface area contributed by atoms with E-state index in [4.69, 9.17) is 11.6 Å². The van der Waals surface area contributed by atoms with Gasteiger partial charge in [0.15, 0.2) is 15.1 Å². The molecule has 0 unspecified atom stereocenters. The van der Waals surface area contributed by atoms with Gasteiger partial charge in [0.1, 0.15) is 0 Å². The molecule has 0 atom stereocenters. The van der Waals surface area contributed by atoms with Crippen molar-refractivity contribution in [3.05, 3.63) is 39.1 Å². The maximum absolute atomic E-state index is 12.3. The Kier molecular flexibility index (Phi) is 3.83. The number of nitrogens with one attached hydrogen (secondary N) is 1. The van der Waals surface area contributed by atoms with Gasteiger partial charge in [-0.2, -0.15) is 11.3 Å². The van der Waals surface area contributed by atoms with Gasteiger partial charge in [0, 0.05) is 18.1 Å². The van der Waals surface area contributed by atoms with Crippen molar-refractivity contribution in [3.63, 3.8) is 0 Å². The van der Waals surface area contributed by atoms with Crippen LogP contribution in [0.5, 0.6) is 0 Å². The molecule has 0 aliphatic rings. The largest absolute Gasteiger partial charge is 0.279 e. The molecule has 0 saturated heterocycles. The first kappa shape index (κ1) is 14.0. The minimum atomic E-state index is -3.67. The van der Waals surface area contributed by atoms with Crippen LogP contribution in [-0.2, 0) is 16.4 Å². The highest BCUT2D eigenvalue weighted by Crippen LogP contribution is 2.25. The number of hydrogen-bond donors (Lipinski definition) is 1. The van der Waals surface area contributed by atoms with Crippen LogP contribution in [0, 0.1) is 0 Å². The first-order chi connectivity index (χ1) is 9.58. The van der Waals surface area contributed by atoms with Crippen LogP contribution in [0.1, 0.15) is 5.56 Å². The highest BCUT2D eigenvalue weighted by molar-refractivity contribution is 7.89. The molecule has 0 saturated carbocycles. The highest BCUT2D eigenvalue weighted by atomic mass is 35.5. The zero-order valence-electron chi connectivity index (χ0n) is 10.1. The number of halogens is 1. The Morgan fingerprint density at radius 3 is 3.00 bits per heavy atom. The number of nitrogens with zero attached hydrogens (tertiary/aromatic N) is 2. The topological polar surface area (TPSA) is 63.5 Å². The van der Waals surface area contributed by atoms with Crippen LogP contribution in [0.2, 0.25) is 5.15 Å². The summed E-state index contributed by atoms with van der Waals surface area (Å²) in [5.41, 5.74) is 1.11. The summed E-state index contributed by atoms with van der Waals surface area (Å²) in [5.74, 6) is 0. The Morgan fingerprint density at radius 1 is 1.40 bits per heavy atom. The number of rotatable bonds is 5. The third-order valence-electron chi connectivity index (χ3n) is 2.72. The SMILES string of the molecule is O=S(=O)(NCCc1ccsc1)c1c(Cl)nc2sccn12. The minimum absolute atomic E-state index is 0.000108. The summed E-state index contributed by atoms with van der Waals surface area (Å²) in [5, 5.41) is 5.73. The van der Waals surface area contributed by atoms with Gasteiger partial charge in [-0.15, -0.1) is 11.3 Å². The summed E-state index contributed by atoms with van der Waals surface area (Å²) in [6, 6.07) is 1.97. The van der Waals surface area contributed by atoms with Crippen molar-refractivity contribution in [2.75, 3.05) is 6.54 Å². The quantitative estimate of drug-likeness (QED) is 0.771. The molecular formula is C11H10ClN3O2S3. The lowest BCUT2D eigenvalue weighted by Gasteiger charge is -2.05. The third-order valence-corrected chi connectivity index (χ3v) is 6.07. The zero-order chi connectivity index (χ0) is 14.2. The van der Waals surface area contributed by atoms with Gasteiger partial charge < -0.3 is 0 Å². The van der Waals surface area contributed by atoms with Gasteiger partial charge in [-0.3, -0.25) is 4.40 Å². The molecule has 0 aromatic carbocycles. The number of sulfonamides is 1. The van der Waals surface area contributed by atoms with Crippen molar-refractivity contribution in [1.29, 1.82) is 0 Å². The average molecular weight is 348 g/mol. The lowest BCUT2D eigenvalue weighted by molar-refractivity contribution is 0.577. The summed E-state index contributed by atoms with van der Waals surface area (Å²) < 4.78 is 28.7. The highest BCUT2D eigenvalue weighted by Gasteiger charge is 2.24. The predicted octanol–water partition coefficient (Wildman–Crippen LogP) is 2.63. The lowest BCUT2D eigenvalue weighted by atomic mass is 10.2. The van der Waals surface area contributed by atoms with Crippen molar-refractivity contribution >= 4 is 49.3 Å². The average Bonchev–Trinajstić information content (AvgIpc) is 3.04. The van der Waals surface area contributed by atoms with E-state index in [1.54, 1.807) is 22.9 Å². The van der Waals surface area contributed by atoms with E-state index in [1.807, 2.05) is 16.8 Å². The molecule has 20 heavy (non-hydrogen) atoms. The van der Waals surface area contributed by atoms with Gasteiger partial charge in [-0.25, -0.2) is 18.1 Å². The monoisotopic (exact) mass is 347 g/mol. The van der Waals surface area contributed by atoms with Crippen molar-refractivity contribution in [3.8, 4) is 0 Å². The summed E-state index contributed by atoms with van der Waals surface area (Å²) in [6.45, 7) is 0.326. The fourth-order valence-corrected chi connectivity index (χ4v) is 4.99. The van der Waals surface area contributed by atoms with Crippen molar-refractivity contribution in [2.45, 2.75) is 11.4 Å². The molecule has 3 heterocycles. The van der Waals surface area contributed by atoms with Gasteiger partial charge in [-0.1, -0.05) is 11.6 Å². The van der Waals surface area contributed by atoms with Crippen LogP contribution in [0.25, 0.3) is 4.96 Å². The van der Waals surface area contributed by atoms with Crippen LogP contribution >= 0.6 is 34.3 Å². The Balaban J connectivity index is 1.81. The van der Waals surface area contributed by atoms with E-state index in [0.29, 0.717) is 17.9 Å². The number of thiophene rings is 1. The van der Waals surface area contributed by atoms with Crippen LogP contribution in [0.4, 0.5) is 0 Å². The molecule has 1 N–H and O–H groups in total. The second kappa shape index (κ2) is 5.45. The second-order valence-electron chi connectivity index (χ2n) is 4.04. The molecule has 0 bridgehead atoms. The van der Waals surface area contributed by atoms with E-state index >= 15 is 0 Å². The van der Waals surface area contributed by atoms with Gasteiger partial charge in [-0.05, 0) is 28.8 Å². The van der Waals surface area contributed by atoms with Crippen LogP contribution in [-0.4, -0.2) is 24.3 Å². The maximum Gasteiger partial charge on any atom is 0.259 e. The fraction of sp³-hybridized carbons (Fsp3) is 0.182. The number of fused-ring (bicyclic) bond motifs is 1.